The predicted octanol–water partition coefficient (Wildman–Crippen LogP) is -2.09. The maximum atomic E-state index is 10.3. The number of hydrogen-bond donors (Lipinski definition) is 5. The molecule has 0 fully saturated rings. The van der Waals surface area contributed by atoms with Crippen LogP contribution in [0.25, 0.3) is 0 Å². The first kappa shape index (κ1) is 14.6. The highest BCUT2D eigenvalue weighted by atomic mass is 35.5. The zero-order valence-corrected chi connectivity index (χ0v) is 7.45. The Morgan fingerprint density at radius 2 is 1.69 bits per heavy atom. The summed E-state index contributed by atoms with van der Waals surface area (Å²) in [6.07, 6.45) is -0.516. The van der Waals surface area contributed by atoms with Crippen molar-refractivity contribution in [2.75, 3.05) is 0 Å². The van der Waals surface area contributed by atoms with Gasteiger partial charge in [-0.25, -0.2) is 4.79 Å². The molecule has 0 heterocycles. The molecule has 0 aromatic heterocycles. The molecule has 78 valence electrons. The fourth-order valence-corrected chi connectivity index (χ4v) is 0.539. The van der Waals surface area contributed by atoms with E-state index in [1.54, 1.807) is 0 Å². The third kappa shape index (κ3) is 4.63. The molecule has 0 spiro atoms. The first-order chi connectivity index (χ1) is 5.27. The Balaban J connectivity index is 0. The van der Waals surface area contributed by atoms with Crippen molar-refractivity contribution >= 4 is 24.3 Å². The molecule has 0 radical (unpaired) electrons. The molecule has 0 rings (SSSR count). The summed E-state index contributed by atoms with van der Waals surface area (Å²) in [6.45, 7) is 0. The molecule has 1 unspecified atom stereocenters. The van der Waals surface area contributed by atoms with Gasteiger partial charge in [0, 0.05) is 6.42 Å². The van der Waals surface area contributed by atoms with E-state index in [9.17, 15) is 9.59 Å². The van der Waals surface area contributed by atoms with Crippen molar-refractivity contribution in [1.82, 2.24) is 0 Å². The Morgan fingerprint density at radius 3 is 1.92 bits per heavy atom. The average molecular weight is 214 g/mol. The van der Waals surface area contributed by atoms with E-state index in [4.69, 9.17) is 27.4 Å². The number of nitrogens with two attached hydrogens (primary N) is 3. The Labute approximate surface area is 80.3 Å². The van der Waals surface area contributed by atoms with Gasteiger partial charge >= 0.3 is 11.9 Å². The minimum absolute atomic E-state index is 0. The summed E-state index contributed by atoms with van der Waals surface area (Å²) in [5, 5.41) is 16.7. The van der Waals surface area contributed by atoms with Crippen LogP contribution < -0.4 is 17.2 Å². The van der Waals surface area contributed by atoms with Crippen LogP contribution in [0.3, 0.4) is 0 Å². The van der Waals surface area contributed by atoms with E-state index >= 15 is 0 Å². The lowest BCUT2D eigenvalue weighted by atomic mass is 10.0. The highest BCUT2D eigenvalue weighted by Gasteiger charge is 2.33. The van der Waals surface area contributed by atoms with Gasteiger partial charge in [-0.1, -0.05) is 0 Å². The summed E-state index contributed by atoms with van der Waals surface area (Å²) in [6, 6.07) is -1.36. The van der Waals surface area contributed by atoms with Gasteiger partial charge in [-0.05, 0) is 0 Å². The van der Waals surface area contributed by atoms with Gasteiger partial charge in [0.05, 0.1) is 0 Å². The monoisotopic (exact) mass is 213 g/mol. The molecule has 0 aromatic rings. The van der Waals surface area contributed by atoms with Crippen molar-refractivity contribution in [2.24, 2.45) is 17.2 Å². The van der Waals surface area contributed by atoms with Crippen molar-refractivity contribution in [1.29, 1.82) is 0 Å². The van der Waals surface area contributed by atoms with Gasteiger partial charge in [0.2, 0.25) is 0 Å². The molecule has 13 heavy (non-hydrogen) atoms. The lowest BCUT2D eigenvalue weighted by molar-refractivity contribution is -0.145. The van der Waals surface area contributed by atoms with Crippen molar-refractivity contribution in [3.8, 4) is 0 Å². The molecule has 1 atom stereocenters. The lowest BCUT2D eigenvalue weighted by Gasteiger charge is -2.20. The Bertz CT molecular complexity index is 208. The van der Waals surface area contributed by atoms with Gasteiger partial charge in [-0.2, -0.15) is 0 Å². The second kappa shape index (κ2) is 4.97. The van der Waals surface area contributed by atoms with E-state index in [0.717, 1.165) is 0 Å². The topological polar surface area (TPSA) is 153 Å². The molecule has 0 aliphatic carbocycles. The van der Waals surface area contributed by atoms with Crippen LogP contribution in [-0.4, -0.2) is 33.9 Å². The van der Waals surface area contributed by atoms with Gasteiger partial charge in [-0.15, -0.1) is 12.4 Å². The minimum Gasteiger partial charge on any atom is -0.480 e. The zero-order chi connectivity index (χ0) is 9.94. The third-order valence-electron chi connectivity index (χ3n) is 1.27. The fourth-order valence-electron chi connectivity index (χ4n) is 0.539. The van der Waals surface area contributed by atoms with Gasteiger partial charge in [0.15, 0.2) is 5.66 Å². The third-order valence-corrected chi connectivity index (χ3v) is 1.27. The molecule has 8 heteroatoms. The summed E-state index contributed by atoms with van der Waals surface area (Å²) in [5.74, 6) is -2.82. The first-order valence-corrected chi connectivity index (χ1v) is 3.07. The molecule has 0 aromatic carbocycles. The second-order valence-electron chi connectivity index (χ2n) is 2.49. The Morgan fingerprint density at radius 1 is 1.31 bits per heavy atom. The molecule has 7 nitrogen and oxygen atoms in total. The summed E-state index contributed by atoms with van der Waals surface area (Å²) in [4.78, 5) is 20.5. The normalized spacial score (nSPS) is 12.8. The molecular formula is C5H12ClN3O4. The van der Waals surface area contributed by atoms with Crippen LogP contribution in [0.15, 0.2) is 0 Å². The molecule has 0 saturated carbocycles. The maximum Gasteiger partial charge on any atom is 0.338 e. The molecule has 8 N–H and O–H groups in total. The van der Waals surface area contributed by atoms with Crippen LogP contribution in [-0.2, 0) is 9.59 Å². The number of carboxylic acid groups (broad SMARTS) is 2. The zero-order valence-electron chi connectivity index (χ0n) is 6.64. The summed E-state index contributed by atoms with van der Waals surface area (Å²) in [5.41, 5.74) is 13.0. The molecule has 0 saturated heterocycles. The van der Waals surface area contributed by atoms with E-state index in [2.05, 4.69) is 0 Å². The molecule has 0 aliphatic rings. The van der Waals surface area contributed by atoms with E-state index in [-0.39, 0.29) is 12.4 Å². The van der Waals surface area contributed by atoms with Crippen LogP contribution in [0, 0.1) is 0 Å². The van der Waals surface area contributed by atoms with Crippen LogP contribution in [0.2, 0.25) is 0 Å². The van der Waals surface area contributed by atoms with Crippen LogP contribution in [0.5, 0.6) is 0 Å². The van der Waals surface area contributed by atoms with E-state index in [1.807, 2.05) is 0 Å². The standard InChI is InChI=1S/C5H11N3O4.ClH/c6-2(3(9)10)1-5(7,8)4(11)12;/h2H,1,6-8H2,(H,9,10)(H,11,12);1H. The Kier molecular flexibility index (Phi) is 5.60. The van der Waals surface area contributed by atoms with Crippen LogP contribution >= 0.6 is 12.4 Å². The number of carbonyl (C=O) groups is 2. The smallest absolute Gasteiger partial charge is 0.338 e. The molecule has 0 amide bonds. The van der Waals surface area contributed by atoms with Gasteiger partial charge in [0.1, 0.15) is 6.04 Å². The molecular weight excluding hydrogens is 202 g/mol. The highest BCUT2D eigenvalue weighted by Crippen LogP contribution is 2.01. The molecule has 0 aliphatic heterocycles. The summed E-state index contributed by atoms with van der Waals surface area (Å²) in [7, 11) is 0. The largest absolute Gasteiger partial charge is 0.480 e. The van der Waals surface area contributed by atoms with E-state index < -0.39 is 30.1 Å². The highest BCUT2D eigenvalue weighted by molar-refractivity contribution is 5.85. The summed E-state index contributed by atoms with van der Waals surface area (Å²) >= 11 is 0. The van der Waals surface area contributed by atoms with E-state index in [0.29, 0.717) is 0 Å². The number of rotatable bonds is 4. The van der Waals surface area contributed by atoms with Crippen LogP contribution in [0.1, 0.15) is 6.42 Å². The van der Waals surface area contributed by atoms with Crippen LogP contribution in [0.4, 0.5) is 0 Å². The number of hydrogen-bond acceptors (Lipinski definition) is 5. The fraction of sp³-hybridized carbons (Fsp3) is 0.600. The van der Waals surface area contributed by atoms with Crippen molar-refractivity contribution < 1.29 is 19.8 Å². The van der Waals surface area contributed by atoms with Crippen molar-refractivity contribution in [2.45, 2.75) is 18.1 Å². The van der Waals surface area contributed by atoms with Crippen molar-refractivity contribution in [3.63, 3.8) is 0 Å². The number of carboxylic acids is 2. The number of aliphatic carboxylic acids is 2. The second-order valence-corrected chi connectivity index (χ2v) is 2.49. The lowest BCUT2D eigenvalue weighted by Crippen LogP contribution is -2.60. The first-order valence-electron chi connectivity index (χ1n) is 3.07. The van der Waals surface area contributed by atoms with Crippen molar-refractivity contribution in [3.05, 3.63) is 0 Å². The Hall–Kier alpha value is -0.890. The van der Waals surface area contributed by atoms with Gasteiger partial charge in [0.25, 0.3) is 0 Å². The number of halogens is 1. The van der Waals surface area contributed by atoms with E-state index in [1.165, 1.54) is 0 Å². The SMILES string of the molecule is Cl.NC(CC(N)(N)C(=O)O)C(=O)O. The van der Waals surface area contributed by atoms with Gasteiger partial charge < -0.3 is 27.4 Å². The minimum atomic E-state index is -2.09. The summed E-state index contributed by atoms with van der Waals surface area (Å²) < 4.78 is 0. The average Bonchev–Trinajstić information content (AvgIpc) is 1.85. The quantitative estimate of drug-likeness (QED) is 0.336. The predicted molar refractivity (Wildman–Crippen MR) is 46.2 cm³/mol. The van der Waals surface area contributed by atoms with Gasteiger partial charge in [-0.3, -0.25) is 4.79 Å². The maximum absolute atomic E-state index is 10.3. The molecule has 0 bridgehead atoms.